The van der Waals surface area contributed by atoms with Crippen LogP contribution in [0.15, 0.2) is 66.7 Å². The van der Waals surface area contributed by atoms with E-state index in [1.807, 2.05) is 6.07 Å². The van der Waals surface area contributed by atoms with Crippen molar-refractivity contribution in [3.8, 4) is 11.5 Å². The van der Waals surface area contributed by atoms with Gasteiger partial charge in [-0.3, -0.25) is 9.59 Å². The predicted octanol–water partition coefficient (Wildman–Crippen LogP) is 4.39. The minimum absolute atomic E-state index is 0.131. The first-order valence-corrected chi connectivity index (χ1v) is 11.5. The SMILES string of the molecule is COc1ccc(CCN2C(=O)N(c3ccc(F)cc3)C(=O)C2CC(=O)Nc2ccc(F)cc2)cc1OC. The van der Waals surface area contributed by atoms with Gasteiger partial charge in [-0.2, -0.15) is 0 Å². The molecule has 0 aromatic heterocycles. The monoisotopic (exact) mass is 509 g/mol. The van der Waals surface area contributed by atoms with Crippen LogP contribution < -0.4 is 19.7 Å². The van der Waals surface area contributed by atoms with Gasteiger partial charge in [0.1, 0.15) is 17.7 Å². The van der Waals surface area contributed by atoms with Gasteiger partial charge in [0.25, 0.3) is 5.91 Å². The molecule has 3 aromatic rings. The van der Waals surface area contributed by atoms with Crippen molar-refractivity contribution in [3.63, 3.8) is 0 Å². The highest BCUT2D eigenvalue weighted by molar-refractivity contribution is 6.22. The number of anilines is 2. The Morgan fingerprint density at radius 3 is 2.14 bits per heavy atom. The molecule has 1 aliphatic rings. The average molecular weight is 510 g/mol. The molecule has 1 aliphatic heterocycles. The number of hydrogen-bond acceptors (Lipinski definition) is 5. The normalized spacial score (nSPS) is 15.2. The van der Waals surface area contributed by atoms with Gasteiger partial charge in [0, 0.05) is 12.2 Å². The van der Waals surface area contributed by atoms with E-state index in [9.17, 15) is 23.2 Å². The van der Waals surface area contributed by atoms with E-state index in [1.165, 1.54) is 55.5 Å². The summed E-state index contributed by atoms with van der Waals surface area (Å²) in [5.41, 5.74) is 1.39. The lowest BCUT2D eigenvalue weighted by Crippen LogP contribution is -2.39. The summed E-state index contributed by atoms with van der Waals surface area (Å²) in [5.74, 6) is -1.01. The second-order valence-electron chi connectivity index (χ2n) is 8.34. The number of carbonyl (C=O) groups excluding carboxylic acids is 3. The third kappa shape index (κ3) is 5.69. The molecule has 8 nitrogen and oxygen atoms in total. The van der Waals surface area contributed by atoms with E-state index in [4.69, 9.17) is 9.47 Å². The number of methoxy groups -OCH3 is 2. The molecule has 0 bridgehead atoms. The van der Waals surface area contributed by atoms with E-state index in [1.54, 1.807) is 12.1 Å². The van der Waals surface area contributed by atoms with Crippen LogP contribution in [-0.2, 0) is 16.0 Å². The van der Waals surface area contributed by atoms with Gasteiger partial charge >= 0.3 is 6.03 Å². The fraction of sp³-hybridized carbons (Fsp3) is 0.222. The minimum atomic E-state index is -1.09. The van der Waals surface area contributed by atoms with E-state index >= 15 is 0 Å². The number of nitrogens with one attached hydrogen (secondary N) is 1. The summed E-state index contributed by atoms with van der Waals surface area (Å²) in [6, 6.07) is 13.8. The molecule has 192 valence electrons. The van der Waals surface area contributed by atoms with Crippen molar-refractivity contribution in [3.05, 3.63) is 83.9 Å². The van der Waals surface area contributed by atoms with Crippen molar-refractivity contribution in [1.29, 1.82) is 0 Å². The Balaban J connectivity index is 1.56. The first-order valence-electron chi connectivity index (χ1n) is 11.5. The van der Waals surface area contributed by atoms with Crippen LogP contribution in [0.1, 0.15) is 12.0 Å². The number of hydrogen-bond donors (Lipinski definition) is 1. The third-order valence-electron chi connectivity index (χ3n) is 6.00. The zero-order valence-corrected chi connectivity index (χ0v) is 20.2. The number of amides is 4. The van der Waals surface area contributed by atoms with Crippen LogP contribution in [0.4, 0.5) is 25.0 Å². The molecule has 4 amide bonds. The maximum atomic E-state index is 13.5. The summed E-state index contributed by atoms with van der Waals surface area (Å²) in [4.78, 5) is 41.7. The molecule has 1 atom stereocenters. The van der Waals surface area contributed by atoms with Crippen molar-refractivity contribution >= 4 is 29.2 Å². The van der Waals surface area contributed by atoms with Crippen LogP contribution in [0.3, 0.4) is 0 Å². The minimum Gasteiger partial charge on any atom is -0.493 e. The zero-order chi connectivity index (χ0) is 26.5. The molecule has 0 radical (unpaired) electrons. The number of carbonyl (C=O) groups is 3. The molecule has 3 aromatic carbocycles. The summed E-state index contributed by atoms with van der Waals surface area (Å²) in [5, 5.41) is 2.62. The van der Waals surface area contributed by atoms with E-state index in [0.29, 0.717) is 23.6 Å². The van der Waals surface area contributed by atoms with Crippen molar-refractivity contribution in [1.82, 2.24) is 4.90 Å². The van der Waals surface area contributed by atoms with Gasteiger partial charge in [-0.1, -0.05) is 6.07 Å². The maximum Gasteiger partial charge on any atom is 0.332 e. The molecule has 1 saturated heterocycles. The summed E-state index contributed by atoms with van der Waals surface area (Å²) in [6.45, 7) is 0.131. The summed E-state index contributed by atoms with van der Waals surface area (Å²) < 4.78 is 37.2. The molecule has 1 N–H and O–H groups in total. The average Bonchev–Trinajstić information content (AvgIpc) is 3.12. The molecular formula is C27H25F2N3O5. The number of rotatable bonds is 9. The first kappa shape index (κ1) is 25.6. The largest absolute Gasteiger partial charge is 0.493 e. The highest BCUT2D eigenvalue weighted by Gasteiger charge is 2.46. The van der Waals surface area contributed by atoms with Crippen LogP contribution in [0.5, 0.6) is 11.5 Å². The topological polar surface area (TPSA) is 88.2 Å². The number of halogens is 2. The highest BCUT2D eigenvalue weighted by Crippen LogP contribution is 2.30. The van der Waals surface area contributed by atoms with Gasteiger partial charge in [-0.25, -0.2) is 18.5 Å². The van der Waals surface area contributed by atoms with Gasteiger partial charge in [0.05, 0.1) is 26.3 Å². The fourth-order valence-corrected chi connectivity index (χ4v) is 4.12. The quantitative estimate of drug-likeness (QED) is 0.433. The second kappa shape index (κ2) is 11.1. The Kier molecular flexibility index (Phi) is 7.66. The Labute approximate surface area is 212 Å². The fourth-order valence-electron chi connectivity index (χ4n) is 4.12. The van der Waals surface area contributed by atoms with Crippen LogP contribution >= 0.6 is 0 Å². The number of benzene rings is 3. The molecular weight excluding hydrogens is 484 g/mol. The van der Waals surface area contributed by atoms with Crippen molar-refractivity contribution in [2.45, 2.75) is 18.9 Å². The van der Waals surface area contributed by atoms with Gasteiger partial charge < -0.3 is 19.7 Å². The van der Waals surface area contributed by atoms with Crippen LogP contribution in [-0.4, -0.2) is 49.6 Å². The zero-order valence-electron chi connectivity index (χ0n) is 20.2. The molecule has 0 saturated carbocycles. The standard InChI is InChI=1S/C27H25F2N3O5/c1-36-23-12-3-17(15-24(23)37-2)13-14-31-22(16-25(33)30-20-8-4-18(28)5-9-20)26(34)32(27(31)35)21-10-6-19(29)7-11-21/h3-12,15,22H,13-14,16H2,1-2H3,(H,30,33). The van der Waals surface area contributed by atoms with Crippen molar-refractivity contribution in [2.24, 2.45) is 0 Å². The smallest absolute Gasteiger partial charge is 0.332 e. The number of imide groups is 1. The van der Waals surface area contributed by atoms with Gasteiger partial charge in [-0.15, -0.1) is 0 Å². The third-order valence-corrected chi connectivity index (χ3v) is 6.00. The van der Waals surface area contributed by atoms with Gasteiger partial charge in [0.15, 0.2) is 11.5 Å². The first-order chi connectivity index (χ1) is 17.8. The Hall–Kier alpha value is -4.47. The molecule has 10 heteroatoms. The lowest BCUT2D eigenvalue weighted by atomic mass is 10.1. The van der Waals surface area contributed by atoms with Crippen LogP contribution in [0, 0.1) is 11.6 Å². The lowest BCUT2D eigenvalue weighted by Gasteiger charge is -2.22. The highest BCUT2D eigenvalue weighted by atomic mass is 19.1. The number of ether oxygens (including phenoxy) is 2. The molecule has 0 aliphatic carbocycles. The predicted molar refractivity (Wildman–Crippen MR) is 133 cm³/mol. The number of urea groups is 1. The molecule has 0 spiro atoms. The Bertz CT molecular complexity index is 1300. The second-order valence-corrected chi connectivity index (χ2v) is 8.34. The van der Waals surface area contributed by atoms with E-state index in [2.05, 4.69) is 5.32 Å². The molecule has 1 heterocycles. The Morgan fingerprint density at radius 1 is 0.892 bits per heavy atom. The molecule has 1 unspecified atom stereocenters. The van der Waals surface area contributed by atoms with E-state index < -0.39 is 35.5 Å². The Morgan fingerprint density at radius 2 is 1.51 bits per heavy atom. The molecule has 4 rings (SSSR count). The maximum absolute atomic E-state index is 13.5. The summed E-state index contributed by atoms with van der Waals surface area (Å²) in [7, 11) is 3.04. The molecule has 1 fully saturated rings. The lowest BCUT2D eigenvalue weighted by molar-refractivity contribution is -0.124. The number of nitrogens with zero attached hydrogens (tertiary/aromatic N) is 2. The van der Waals surface area contributed by atoms with Crippen LogP contribution in [0.2, 0.25) is 0 Å². The van der Waals surface area contributed by atoms with Crippen molar-refractivity contribution in [2.75, 3.05) is 31.0 Å². The summed E-state index contributed by atoms with van der Waals surface area (Å²) in [6.07, 6.45) is 0.0539. The van der Waals surface area contributed by atoms with Gasteiger partial charge in [-0.05, 0) is 72.6 Å². The van der Waals surface area contributed by atoms with E-state index in [0.717, 1.165) is 22.6 Å². The molecule has 37 heavy (non-hydrogen) atoms. The van der Waals surface area contributed by atoms with Gasteiger partial charge in [0.2, 0.25) is 5.91 Å². The van der Waals surface area contributed by atoms with Crippen molar-refractivity contribution < 1.29 is 32.6 Å². The summed E-state index contributed by atoms with van der Waals surface area (Å²) >= 11 is 0. The van der Waals surface area contributed by atoms with E-state index in [-0.39, 0.29) is 18.7 Å². The van der Waals surface area contributed by atoms with Crippen LogP contribution in [0.25, 0.3) is 0 Å².